The molecule has 10 nitrogen and oxygen atoms in total. The van der Waals surface area contributed by atoms with E-state index < -0.39 is 0 Å². The summed E-state index contributed by atoms with van der Waals surface area (Å²) in [7, 11) is 1.67. The highest BCUT2D eigenvalue weighted by Crippen LogP contribution is 2.33. The Hall–Kier alpha value is -4.39. The number of amides is 1. The van der Waals surface area contributed by atoms with Crippen LogP contribution in [0.15, 0.2) is 83.3 Å². The van der Waals surface area contributed by atoms with Crippen LogP contribution in [0, 0.1) is 0 Å². The number of carbonyl (C=O) groups excluding carboxylic acids is 1. The van der Waals surface area contributed by atoms with Crippen LogP contribution in [-0.4, -0.2) is 75.5 Å². The average Bonchev–Trinajstić information content (AvgIpc) is 3.84. The second-order valence-corrected chi connectivity index (χ2v) is 12.6. The number of ether oxygens (including phenoxy) is 3. The summed E-state index contributed by atoms with van der Waals surface area (Å²) < 4.78 is 18.7. The minimum absolute atomic E-state index is 0.0208. The molecule has 7 rings (SSSR count). The lowest BCUT2D eigenvalue weighted by atomic mass is 10.1. The molecule has 45 heavy (non-hydrogen) atoms. The van der Waals surface area contributed by atoms with Crippen LogP contribution in [0.4, 0.5) is 0 Å². The molecule has 1 saturated heterocycles. The van der Waals surface area contributed by atoms with Crippen molar-refractivity contribution in [2.24, 2.45) is 0 Å². The minimum Gasteiger partial charge on any atom is -0.495 e. The molecule has 0 aliphatic carbocycles. The molecule has 2 aromatic heterocycles. The molecule has 0 bridgehead atoms. The summed E-state index contributed by atoms with van der Waals surface area (Å²) in [6, 6.07) is 24.2. The lowest BCUT2D eigenvalue weighted by molar-refractivity contribution is 0.0623. The second kappa shape index (κ2) is 13.3. The fourth-order valence-electron chi connectivity index (χ4n) is 5.51. The van der Waals surface area contributed by atoms with Crippen LogP contribution in [-0.2, 0) is 18.7 Å². The van der Waals surface area contributed by atoms with Crippen molar-refractivity contribution in [3.8, 4) is 22.9 Å². The molecule has 0 N–H and O–H groups in total. The fraction of sp³-hybridized carbons (Fsp3) is 0.273. The van der Waals surface area contributed by atoms with Crippen LogP contribution in [0.5, 0.6) is 17.2 Å². The molecule has 2 aliphatic heterocycles. The summed E-state index contributed by atoms with van der Waals surface area (Å²) in [5, 5.41) is 12.6. The molecule has 0 saturated carbocycles. The largest absolute Gasteiger partial charge is 0.495 e. The Morgan fingerprint density at radius 2 is 1.73 bits per heavy atom. The van der Waals surface area contributed by atoms with Gasteiger partial charge in [-0.2, -0.15) is 0 Å². The summed E-state index contributed by atoms with van der Waals surface area (Å²) in [6.07, 6.45) is 0.631. The first-order chi connectivity index (χ1) is 22.1. The number of fused-ring (bicyclic) bond motifs is 1. The highest BCUT2D eigenvalue weighted by Gasteiger charge is 2.25. The molecule has 5 aromatic rings. The molecule has 3 aromatic carbocycles. The molecule has 230 valence electrons. The van der Waals surface area contributed by atoms with E-state index in [0.717, 1.165) is 64.1 Å². The second-order valence-electron chi connectivity index (χ2n) is 10.7. The van der Waals surface area contributed by atoms with Gasteiger partial charge in [0.1, 0.15) is 22.3 Å². The predicted octanol–water partition coefficient (Wildman–Crippen LogP) is 5.30. The molecule has 0 radical (unpaired) electrons. The van der Waals surface area contributed by atoms with Crippen molar-refractivity contribution in [1.29, 1.82) is 0 Å². The van der Waals surface area contributed by atoms with Gasteiger partial charge in [0, 0.05) is 44.5 Å². The van der Waals surface area contributed by atoms with Crippen LogP contribution < -0.4 is 14.2 Å². The Morgan fingerprint density at radius 3 is 2.58 bits per heavy atom. The maximum atomic E-state index is 13.3. The third-order valence-electron chi connectivity index (χ3n) is 7.83. The molecule has 1 amide bonds. The molecule has 0 unspecified atom stereocenters. The summed E-state index contributed by atoms with van der Waals surface area (Å²) in [4.78, 5) is 22.3. The number of aromatic nitrogens is 4. The van der Waals surface area contributed by atoms with Crippen LogP contribution >= 0.6 is 23.1 Å². The van der Waals surface area contributed by atoms with Crippen molar-refractivity contribution in [1.82, 2.24) is 29.5 Å². The number of nitrogens with zero attached hydrogens (tertiary/aromatic N) is 6. The molecular formula is C33H32N6O4S2. The third-order valence-corrected chi connectivity index (χ3v) is 9.80. The van der Waals surface area contributed by atoms with Gasteiger partial charge in [0.2, 0.25) is 6.79 Å². The fourth-order valence-corrected chi connectivity index (χ4v) is 7.26. The van der Waals surface area contributed by atoms with Crippen molar-refractivity contribution in [3.63, 3.8) is 0 Å². The van der Waals surface area contributed by atoms with Gasteiger partial charge in [0.25, 0.3) is 5.91 Å². The maximum absolute atomic E-state index is 13.3. The van der Waals surface area contributed by atoms with E-state index in [1.54, 1.807) is 18.9 Å². The van der Waals surface area contributed by atoms with Gasteiger partial charge in [-0.3, -0.25) is 14.3 Å². The number of methoxy groups -OCH3 is 1. The van der Waals surface area contributed by atoms with Gasteiger partial charge in [-0.15, -0.1) is 21.5 Å². The van der Waals surface area contributed by atoms with Gasteiger partial charge >= 0.3 is 0 Å². The van der Waals surface area contributed by atoms with Gasteiger partial charge in [-0.25, -0.2) is 4.98 Å². The normalized spacial score (nSPS) is 14.6. The van der Waals surface area contributed by atoms with Gasteiger partial charge in [-0.1, -0.05) is 60.3 Å². The van der Waals surface area contributed by atoms with Crippen molar-refractivity contribution in [2.45, 2.75) is 23.9 Å². The van der Waals surface area contributed by atoms with Gasteiger partial charge in [-0.05, 0) is 35.4 Å². The van der Waals surface area contributed by atoms with Gasteiger partial charge in [0.15, 0.2) is 16.7 Å². The molecule has 0 spiro atoms. The van der Waals surface area contributed by atoms with E-state index in [-0.39, 0.29) is 12.7 Å². The lowest BCUT2D eigenvalue weighted by Crippen LogP contribution is -2.48. The highest BCUT2D eigenvalue weighted by molar-refractivity contribution is 7.98. The first kappa shape index (κ1) is 29.3. The van der Waals surface area contributed by atoms with Crippen LogP contribution in [0.3, 0.4) is 0 Å². The average molecular weight is 641 g/mol. The van der Waals surface area contributed by atoms with E-state index >= 15 is 0 Å². The van der Waals surface area contributed by atoms with E-state index in [1.165, 1.54) is 16.9 Å². The van der Waals surface area contributed by atoms with Crippen LogP contribution in [0.1, 0.15) is 32.4 Å². The lowest BCUT2D eigenvalue weighted by Gasteiger charge is -2.34. The predicted molar refractivity (Wildman–Crippen MR) is 173 cm³/mol. The summed E-state index contributed by atoms with van der Waals surface area (Å²) in [6.45, 7) is 4.02. The molecular weight excluding hydrogens is 609 g/mol. The van der Waals surface area contributed by atoms with Crippen molar-refractivity contribution in [2.75, 3.05) is 40.1 Å². The number of thiazole rings is 1. The number of benzene rings is 3. The zero-order valence-electron chi connectivity index (χ0n) is 24.8. The van der Waals surface area contributed by atoms with Crippen LogP contribution in [0.25, 0.3) is 5.69 Å². The Morgan fingerprint density at radius 1 is 0.933 bits per heavy atom. The number of rotatable bonds is 10. The van der Waals surface area contributed by atoms with Crippen molar-refractivity contribution in [3.05, 3.63) is 106 Å². The summed E-state index contributed by atoms with van der Waals surface area (Å²) in [5.41, 5.74) is 3.70. The Kier molecular flexibility index (Phi) is 8.67. The molecule has 12 heteroatoms. The standard InChI is InChI=1S/C33H32N6O4S2/c1-41-27-10-6-5-9-26(27)39-30(18-23-7-3-2-4-8-23)35-36-33(39)45-21-31-34-25(20-44-31)32(40)38-15-13-37(14-16-38)19-24-11-12-28-29(17-24)43-22-42-28/h2-12,17,20H,13-16,18-19,21-22H2,1H3. The van der Waals surface area contributed by atoms with Gasteiger partial charge in [0.05, 0.1) is 18.6 Å². The Balaban J connectivity index is 0.992. The summed E-state index contributed by atoms with van der Waals surface area (Å²) in [5.74, 6) is 3.70. The number of carbonyl (C=O) groups is 1. The number of piperazine rings is 1. The molecule has 4 heterocycles. The highest BCUT2D eigenvalue weighted by atomic mass is 32.2. The first-order valence-electron chi connectivity index (χ1n) is 14.7. The van der Waals surface area contributed by atoms with E-state index in [2.05, 4.69) is 37.9 Å². The maximum Gasteiger partial charge on any atom is 0.273 e. The first-order valence-corrected chi connectivity index (χ1v) is 16.6. The van der Waals surface area contributed by atoms with E-state index in [4.69, 9.17) is 19.2 Å². The minimum atomic E-state index is -0.0208. The van der Waals surface area contributed by atoms with Gasteiger partial charge < -0.3 is 19.1 Å². The zero-order chi connectivity index (χ0) is 30.6. The monoisotopic (exact) mass is 640 g/mol. The quantitative estimate of drug-likeness (QED) is 0.189. The third kappa shape index (κ3) is 6.53. The molecule has 1 fully saturated rings. The Labute approximate surface area is 269 Å². The molecule has 2 aliphatic rings. The van der Waals surface area contributed by atoms with E-state index in [1.807, 2.05) is 64.9 Å². The van der Waals surface area contributed by atoms with E-state index in [0.29, 0.717) is 31.0 Å². The number of hydrogen-bond donors (Lipinski definition) is 0. The Bertz CT molecular complexity index is 1790. The van der Waals surface area contributed by atoms with Crippen molar-refractivity contribution >= 4 is 29.0 Å². The van der Waals surface area contributed by atoms with Crippen LogP contribution in [0.2, 0.25) is 0 Å². The smallest absolute Gasteiger partial charge is 0.273 e. The SMILES string of the molecule is COc1ccccc1-n1c(Cc2ccccc2)nnc1SCc1nc(C(=O)N2CCN(Cc3ccc4c(c3)OCO4)CC2)cs1. The van der Waals surface area contributed by atoms with Crippen molar-refractivity contribution < 1.29 is 19.0 Å². The number of hydrogen-bond acceptors (Lipinski definition) is 10. The number of thioether (sulfide) groups is 1. The topological polar surface area (TPSA) is 94.8 Å². The molecule has 0 atom stereocenters. The summed E-state index contributed by atoms with van der Waals surface area (Å²) >= 11 is 3.05. The zero-order valence-corrected chi connectivity index (χ0v) is 26.4. The number of para-hydroxylation sites is 2. The van der Waals surface area contributed by atoms with E-state index in [9.17, 15) is 4.79 Å².